The Balaban J connectivity index is 2.23. The van der Waals surface area contributed by atoms with Crippen molar-refractivity contribution in [3.8, 4) is 0 Å². The lowest BCUT2D eigenvalue weighted by atomic mass is 9.91. The maximum absolute atomic E-state index is 13.8. The number of aryl methyl sites for hydroxylation is 1. The van der Waals surface area contributed by atoms with Crippen LogP contribution in [0.4, 0.5) is 8.78 Å². The van der Waals surface area contributed by atoms with Crippen LogP contribution >= 0.6 is 0 Å². The summed E-state index contributed by atoms with van der Waals surface area (Å²) in [6, 6.07) is 11.9. The Bertz CT molecular complexity index is 578. The highest BCUT2D eigenvalue weighted by atomic mass is 19.1. The number of rotatable bonds is 6. The molecule has 0 saturated heterocycles. The average molecular weight is 289 g/mol. The molecule has 0 spiro atoms. The molecule has 1 atom stereocenters. The van der Waals surface area contributed by atoms with Gasteiger partial charge in [0.1, 0.15) is 11.6 Å². The van der Waals surface area contributed by atoms with Crippen molar-refractivity contribution in [3.05, 3.63) is 70.8 Å². The van der Waals surface area contributed by atoms with Crippen LogP contribution in [0.15, 0.2) is 42.5 Å². The van der Waals surface area contributed by atoms with Crippen LogP contribution in [-0.2, 0) is 6.42 Å². The van der Waals surface area contributed by atoms with Gasteiger partial charge in [-0.3, -0.25) is 0 Å². The number of nitrogens with one attached hydrogen (secondary N) is 1. The topological polar surface area (TPSA) is 12.0 Å². The van der Waals surface area contributed by atoms with Gasteiger partial charge < -0.3 is 5.32 Å². The fourth-order valence-electron chi connectivity index (χ4n) is 2.43. The fourth-order valence-corrected chi connectivity index (χ4v) is 2.43. The van der Waals surface area contributed by atoms with Gasteiger partial charge in [0.2, 0.25) is 0 Å². The quantitative estimate of drug-likeness (QED) is 0.840. The first-order valence-electron chi connectivity index (χ1n) is 7.31. The molecular weight excluding hydrogens is 268 g/mol. The summed E-state index contributed by atoms with van der Waals surface area (Å²) in [6.07, 6.45) is 0.486. The molecular formula is C18H21F2N. The molecule has 2 aromatic rings. The number of halogens is 2. The number of likely N-dealkylation sites (N-methyl/N-ethyl adjacent to an activating group) is 1. The Labute approximate surface area is 125 Å². The standard InChI is InChI=1S/C18H21F2N/c1-3-21-12-16(14-6-4-13(2)5-7-14)10-15-11-17(19)8-9-18(15)20/h4-9,11,16,21H,3,10,12H2,1-2H3. The van der Waals surface area contributed by atoms with Gasteiger partial charge in [-0.25, -0.2) is 8.78 Å². The molecule has 2 aromatic carbocycles. The Kier molecular flexibility index (Phi) is 5.45. The average Bonchev–Trinajstić information content (AvgIpc) is 2.48. The Hall–Kier alpha value is -1.74. The molecule has 0 amide bonds. The minimum atomic E-state index is -0.391. The van der Waals surface area contributed by atoms with Gasteiger partial charge in [-0.1, -0.05) is 36.8 Å². The Morgan fingerprint density at radius 1 is 1.05 bits per heavy atom. The lowest BCUT2D eigenvalue weighted by Gasteiger charge is -2.18. The molecule has 0 saturated carbocycles. The number of hydrogen-bond donors (Lipinski definition) is 1. The van der Waals surface area contributed by atoms with Crippen molar-refractivity contribution in [3.63, 3.8) is 0 Å². The Morgan fingerprint density at radius 2 is 1.76 bits per heavy atom. The van der Waals surface area contributed by atoms with Gasteiger partial charge in [0.05, 0.1) is 0 Å². The van der Waals surface area contributed by atoms with Crippen molar-refractivity contribution < 1.29 is 8.78 Å². The van der Waals surface area contributed by atoms with Crippen LogP contribution in [0.2, 0.25) is 0 Å². The van der Waals surface area contributed by atoms with Crippen molar-refractivity contribution in [2.75, 3.05) is 13.1 Å². The molecule has 112 valence electrons. The van der Waals surface area contributed by atoms with E-state index in [2.05, 4.69) is 29.6 Å². The van der Waals surface area contributed by atoms with E-state index in [-0.39, 0.29) is 11.7 Å². The van der Waals surface area contributed by atoms with Gasteiger partial charge in [-0.05, 0) is 49.2 Å². The summed E-state index contributed by atoms with van der Waals surface area (Å²) in [5, 5.41) is 3.30. The van der Waals surface area contributed by atoms with Gasteiger partial charge in [0, 0.05) is 12.5 Å². The third-order valence-electron chi connectivity index (χ3n) is 3.66. The van der Waals surface area contributed by atoms with E-state index in [0.717, 1.165) is 24.7 Å². The summed E-state index contributed by atoms with van der Waals surface area (Å²) in [4.78, 5) is 0. The second kappa shape index (κ2) is 7.32. The van der Waals surface area contributed by atoms with Crippen molar-refractivity contribution in [2.45, 2.75) is 26.2 Å². The van der Waals surface area contributed by atoms with Crippen molar-refractivity contribution in [1.29, 1.82) is 0 Å². The van der Waals surface area contributed by atoms with E-state index in [9.17, 15) is 8.78 Å². The highest BCUT2D eigenvalue weighted by Crippen LogP contribution is 2.23. The van der Waals surface area contributed by atoms with Crippen molar-refractivity contribution in [2.24, 2.45) is 0 Å². The minimum Gasteiger partial charge on any atom is -0.316 e. The van der Waals surface area contributed by atoms with Gasteiger partial charge in [0.25, 0.3) is 0 Å². The van der Waals surface area contributed by atoms with Crippen LogP contribution in [0.25, 0.3) is 0 Å². The van der Waals surface area contributed by atoms with Crippen LogP contribution in [0.3, 0.4) is 0 Å². The summed E-state index contributed by atoms with van der Waals surface area (Å²) >= 11 is 0. The third-order valence-corrected chi connectivity index (χ3v) is 3.66. The molecule has 3 heteroatoms. The molecule has 0 radical (unpaired) electrons. The maximum atomic E-state index is 13.8. The molecule has 1 N–H and O–H groups in total. The van der Waals surface area contributed by atoms with Gasteiger partial charge >= 0.3 is 0 Å². The second-order valence-corrected chi connectivity index (χ2v) is 5.36. The van der Waals surface area contributed by atoms with E-state index in [1.165, 1.54) is 17.7 Å². The molecule has 0 aromatic heterocycles. The van der Waals surface area contributed by atoms with Gasteiger partial charge in [0.15, 0.2) is 0 Å². The zero-order valence-electron chi connectivity index (χ0n) is 12.5. The first-order valence-corrected chi connectivity index (χ1v) is 7.31. The predicted molar refractivity (Wildman–Crippen MR) is 82.5 cm³/mol. The highest BCUT2D eigenvalue weighted by Gasteiger charge is 2.15. The lowest BCUT2D eigenvalue weighted by Crippen LogP contribution is -2.23. The molecule has 0 bridgehead atoms. The smallest absolute Gasteiger partial charge is 0.126 e. The summed E-state index contributed by atoms with van der Waals surface area (Å²) in [5.41, 5.74) is 2.77. The van der Waals surface area contributed by atoms with Crippen molar-refractivity contribution >= 4 is 0 Å². The number of benzene rings is 2. The fraction of sp³-hybridized carbons (Fsp3) is 0.333. The highest BCUT2D eigenvalue weighted by molar-refractivity contribution is 5.28. The largest absolute Gasteiger partial charge is 0.316 e. The summed E-state index contributed by atoms with van der Waals surface area (Å²) in [7, 11) is 0. The molecule has 0 heterocycles. The van der Waals surface area contributed by atoms with Gasteiger partial charge in [-0.2, -0.15) is 0 Å². The van der Waals surface area contributed by atoms with Crippen LogP contribution < -0.4 is 5.32 Å². The third kappa shape index (κ3) is 4.36. The van der Waals surface area contributed by atoms with E-state index in [1.807, 2.05) is 13.8 Å². The number of hydrogen-bond acceptors (Lipinski definition) is 1. The van der Waals surface area contributed by atoms with Gasteiger partial charge in [-0.15, -0.1) is 0 Å². The monoisotopic (exact) mass is 289 g/mol. The van der Waals surface area contributed by atoms with Crippen LogP contribution in [0, 0.1) is 18.6 Å². The first kappa shape index (κ1) is 15.6. The molecule has 1 nitrogen and oxygen atoms in total. The van der Waals surface area contributed by atoms with Crippen LogP contribution in [-0.4, -0.2) is 13.1 Å². The zero-order chi connectivity index (χ0) is 15.2. The van der Waals surface area contributed by atoms with Crippen LogP contribution in [0.1, 0.15) is 29.5 Å². The SMILES string of the molecule is CCNCC(Cc1cc(F)ccc1F)c1ccc(C)cc1. The normalized spacial score (nSPS) is 12.4. The molecule has 0 aliphatic rings. The van der Waals surface area contributed by atoms with E-state index in [4.69, 9.17) is 0 Å². The predicted octanol–water partition coefficient (Wildman–Crippen LogP) is 4.21. The molecule has 2 rings (SSSR count). The molecule has 21 heavy (non-hydrogen) atoms. The lowest BCUT2D eigenvalue weighted by molar-refractivity contribution is 0.551. The van der Waals surface area contributed by atoms with E-state index in [0.29, 0.717) is 12.0 Å². The molecule has 0 aliphatic carbocycles. The van der Waals surface area contributed by atoms with E-state index >= 15 is 0 Å². The molecule has 0 fully saturated rings. The summed E-state index contributed by atoms with van der Waals surface area (Å²) in [6.45, 7) is 5.67. The van der Waals surface area contributed by atoms with Crippen molar-refractivity contribution in [1.82, 2.24) is 5.32 Å². The first-order chi connectivity index (χ1) is 10.1. The molecule has 1 unspecified atom stereocenters. The molecule has 0 aliphatic heterocycles. The maximum Gasteiger partial charge on any atom is 0.126 e. The summed E-state index contributed by atoms with van der Waals surface area (Å²) < 4.78 is 27.2. The Morgan fingerprint density at radius 3 is 2.43 bits per heavy atom. The minimum absolute atomic E-state index is 0.127. The summed E-state index contributed by atoms with van der Waals surface area (Å²) in [5.74, 6) is -0.607. The van der Waals surface area contributed by atoms with E-state index in [1.54, 1.807) is 0 Å². The van der Waals surface area contributed by atoms with E-state index < -0.39 is 5.82 Å². The zero-order valence-corrected chi connectivity index (χ0v) is 12.5. The second-order valence-electron chi connectivity index (χ2n) is 5.36. The van der Waals surface area contributed by atoms with Crippen LogP contribution in [0.5, 0.6) is 0 Å².